The number of hydrogen-bond acceptors (Lipinski definition) is 3. The van der Waals surface area contributed by atoms with Crippen LogP contribution in [0.2, 0.25) is 0 Å². The highest BCUT2D eigenvalue weighted by Crippen LogP contribution is 2.20. The zero-order valence-electron chi connectivity index (χ0n) is 11.0. The Morgan fingerprint density at radius 2 is 2.33 bits per heavy atom. The van der Waals surface area contributed by atoms with E-state index in [0.29, 0.717) is 17.2 Å². The van der Waals surface area contributed by atoms with Gasteiger partial charge in [-0.3, -0.25) is 4.79 Å². The van der Waals surface area contributed by atoms with E-state index >= 15 is 0 Å². The smallest absolute Gasteiger partial charge is 0.253 e. The van der Waals surface area contributed by atoms with E-state index in [1.54, 1.807) is 13.2 Å². The van der Waals surface area contributed by atoms with E-state index in [0.717, 1.165) is 31.7 Å². The molecule has 0 aromatic heterocycles. The number of rotatable bonds is 3. The predicted molar refractivity (Wildman–Crippen MR) is 71.5 cm³/mol. The Morgan fingerprint density at radius 1 is 1.56 bits per heavy atom. The van der Waals surface area contributed by atoms with Crippen LogP contribution in [0.5, 0.6) is 0 Å². The topological polar surface area (TPSA) is 55.6 Å². The molecule has 1 aliphatic heterocycles. The summed E-state index contributed by atoms with van der Waals surface area (Å²) in [6.45, 7) is 4.25. The molecule has 98 valence electrons. The largest absolute Gasteiger partial charge is 0.398 e. The molecule has 0 spiro atoms. The first kappa shape index (κ1) is 12.9. The van der Waals surface area contributed by atoms with Crippen LogP contribution in [0.15, 0.2) is 18.2 Å². The Morgan fingerprint density at radius 3 is 3.00 bits per heavy atom. The van der Waals surface area contributed by atoms with E-state index in [-0.39, 0.29) is 5.91 Å². The molecule has 1 aliphatic rings. The highest BCUT2D eigenvalue weighted by atomic mass is 16.5. The Balaban J connectivity index is 2.05. The molecule has 1 saturated heterocycles. The van der Waals surface area contributed by atoms with E-state index in [2.05, 4.69) is 0 Å². The Hall–Kier alpha value is -1.55. The van der Waals surface area contributed by atoms with Gasteiger partial charge in [0.15, 0.2) is 0 Å². The number of hydrogen-bond donors (Lipinski definition) is 1. The predicted octanol–water partition coefficient (Wildman–Crippen LogP) is 1.69. The van der Waals surface area contributed by atoms with Crippen LogP contribution in [0.1, 0.15) is 22.3 Å². The Kier molecular flexibility index (Phi) is 3.87. The Bertz CT molecular complexity index is 445. The fourth-order valence-electron chi connectivity index (χ4n) is 2.34. The summed E-state index contributed by atoms with van der Waals surface area (Å²) in [5.74, 6) is 0.530. The monoisotopic (exact) mass is 248 g/mol. The normalized spacial score (nSPS) is 19.2. The number of aryl methyl sites for hydroxylation is 1. The molecule has 18 heavy (non-hydrogen) atoms. The van der Waals surface area contributed by atoms with Crippen molar-refractivity contribution in [3.63, 3.8) is 0 Å². The number of carbonyl (C=O) groups excluding carboxylic acids is 1. The molecular formula is C14H20N2O2. The molecule has 0 radical (unpaired) electrons. The molecule has 1 amide bonds. The lowest BCUT2D eigenvalue weighted by Gasteiger charge is -2.17. The molecule has 0 aliphatic carbocycles. The SMILES string of the molecule is COCC1CCN(C(=O)c2ccc(C)c(N)c2)C1. The number of amides is 1. The maximum Gasteiger partial charge on any atom is 0.253 e. The van der Waals surface area contributed by atoms with Gasteiger partial charge in [-0.2, -0.15) is 0 Å². The van der Waals surface area contributed by atoms with Gasteiger partial charge in [0.1, 0.15) is 0 Å². The zero-order valence-corrected chi connectivity index (χ0v) is 11.0. The minimum absolute atomic E-state index is 0.0697. The molecule has 1 heterocycles. The second-order valence-electron chi connectivity index (χ2n) is 4.93. The van der Waals surface area contributed by atoms with Crippen molar-refractivity contribution in [2.75, 3.05) is 32.5 Å². The van der Waals surface area contributed by atoms with Crippen molar-refractivity contribution >= 4 is 11.6 Å². The van der Waals surface area contributed by atoms with Crippen LogP contribution in [0, 0.1) is 12.8 Å². The number of likely N-dealkylation sites (tertiary alicyclic amines) is 1. The number of nitrogens with zero attached hydrogens (tertiary/aromatic N) is 1. The van der Waals surface area contributed by atoms with Gasteiger partial charge in [-0.25, -0.2) is 0 Å². The van der Waals surface area contributed by atoms with E-state index in [4.69, 9.17) is 10.5 Å². The summed E-state index contributed by atoms with van der Waals surface area (Å²) in [6, 6.07) is 5.50. The molecule has 0 bridgehead atoms. The standard InChI is InChI=1S/C14H20N2O2/c1-10-3-4-12(7-13(10)15)14(17)16-6-5-11(8-16)9-18-2/h3-4,7,11H,5-6,8-9,15H2,1-2H3. The van der Waals surface area contributed by atoms with Crippen LogP contribution in [-0.2, 0) is 4.74 Å². The first-order valence-electron chi connectivity index (χ1n) is 6.26. The Labute approximate surface area is 108 Å². The van der Waals surface area contributed by atoms with Crippen molar-refractivity contribution in [2.24, 2.45) is 5.92 Å². The average Bonchev–Trinajstić information content (AvgIpc) is 2.81. The summed E-state index contributed by atoms with van der Waals surface area (Å²) >= 11 is 0. The van der Waals surface area contributed by atoms with Gasteiger partial charge in [-0.05, 0) is 31.0 Å². The van der Waals surface area contributed by atoms with Crippen LogP contribution in [-0.4, -0.2) is 37.6 Å². The van der Waals surface area contributed by atoms with Gasteiger partial charge in [0.2, 0.25) is 0 Å². The molecule has 1 unspecified atom stereocenters. The van der Waals surface area contributed by atoms with Crippen LogP contribution in [0.3, 0.4) is 0 Å². The molecule has 1 atom stereocenters. The maximum atomic E-state index is 12.3. The number of benzene rings is 1. The minimum Gasteiger partial charge on any atom is -0.398 e. The number of anilines is 1. The highest BCUT2D eigenvalue weighted by molar-refractivity contribution is 5.95. The van der Waals surface area contributed by atoms with Crippen molar-refractivity contribution in [2.45, 2.75) is 13.3 Å². The van der Waals surface area contributed by atoms with Gasteiger partial charge >= 0.3 is 0 Å². The van der Waals surface area contributed by atoms with Crippen molar-refractivity contribution in [3.8, 4) is 0 Å². The third-order valence-electron chi connectivity index (χ3n) is 3.50. The van der Waals surface area contributed by atoms with Crippen molar-refractivity contribution in [3.05, 3.63) is 29.3 Å². The van der Waals surface area contributed by atoms with E-state index < -0.39 is 0 Å². The molecule has 0 saturated carbocycles. The number of ether oxygens (including phenoxy) is 1. The van der Waals surface area contributed by atoms with Gasteiger partial charge in [0.25, 0.3) is 5.91 Å². The average molecular weight is 248 g/mol. The molecule has 1 aromatic rings. The summed E-state index contributed by atoms with van der Waals surface area (Å²) < 4.78 is 5.14. The second kappa shape index (κ2) is 5.40. The highest BCUT2D eigenvalue weighted by Gasteiger charge is 2.26. The quantitative estimate of drug-likeness (QED) is 0.828. The second-order valence-corrected chi connectivity index (χ2v) is 4.93. The minimum atomic E-state index is 0.0697. The fourth-order valence-corrected chi connectivity index (χ4v) is 2.34. The lowest BCUT2D eigenvalue weighted by Crippen LogP contribution is -2.29. The first-order chi connectivity index (χ1) is 8.61. The molecule has 1 aromatic carbocycles. The lowest BCUT2D eigenvalue weighted by atomic mass is 10.1. The van der Waals surface area contributed by atoms with E-state index in [9.17, 15) is 4.79 Å². The lowest BCUT2D eigenvalue weighted by molar-refractivity contribution is 0.0775. The summed E-state index contributed by atoms with van der Waals surface area (Å²) in [4.78, 5) is 14.2. The molecule has 2 N–H and O–H groups in total. The van der Waals surface area contributed by atoms with Crippen molar-refractivity contribution < 1.29 is 9.53 Å². The maximum absolute atomic E-state index is 12.3. The molecule has 4 heteroatoms. The molecule has 2 rings (SSSR count). The summed E-state index contributed by atoms with van der Waals surface area (Å²) in [6.07, 6.45) is 1.01. The number of methoxy groups -OCH3 is 1. The van der Waals surface area contributed by atoms with Crippen LogP contribution in [0.25, 0.3) is 0 Å². The van der Waals surface area contributed by atoms with E-state index in [1.165, 1.54) is 0 Å². The fraction of sp³-hybridized carbons (Fsp3) is 0.500. The molecular weight excluding hydrogens is 228 g/mol. The van der Waals surface area contributed by atoms with Gasteiger partial charge in [-0.1, -0.05) is 6.07 Å². The number of nitrogens with two attached hydrogens (primary N) is 1. The van der Waals surface area contributed by atoms with Crippen LogP contribution in [0.4, 0.5) is 5.69 Å². The third-order valence-corrected chi connectivity index (χ3v) is 3.50. The van der Waals surface area contributed by atoms with Gasteiger partial charge < -0.3 is 15.4 Å². The summed E-state index contributed by atoms with van der Waals surface area (Å²) in [7, 11) is 1.70. The van der Waals surface area contributed by atoms with Gasteiger partial charge in [0.05, 0.1) is 6.61 Å². The van der Waals surface area contributed by atoms with Gasteiger partial charge in [0, 0.05) is 37.4 Å². The summed E-state index contributed by atoms with van der Waals surface area (Å²) in [5.41, 5.74) is 8.20. The number of nitrogen functional groups attached to an aromatic ring is 1. The van der Waals surface area contributed by atoms with Crippen LogP contribution >= 0.6 is 0 Å². The van der Waals surface area contributed by atoms with Crippen molar-refractivity contribution in [1.29, 1.82) is 0 Å². The third kappa shape index (κ3) is 2.64. The molecule has 4 nitrogen and oxygen atoms in total. The van der Waals surface area contributed by atoms with E-state index in [1.807, 2.05) is 24.0 Å². The number of carbonyl (C=O) groups is 1. The van der Waals surface area contributed by atoms with Crippen LogP contribution < -0.4 is 5.73 Å². The van der Waals surface area contributed by atoms with Crippen molar-refractivity contribution in [1.82, 2.24) is 4.90 Å². The van der Waals surface area contributed by atoms with Gasteiger partial charge in [-0.15, -0.1) is 0 Å². The zero-order chi connectivity index (χ0) is 13.1. The molecule has 1 fully saturated rings. The summed E-state index contributed by atoms with van der Waals surface area (Å²) in [5, 5.41) is 0. The first-order valence-corrected chi connectivity index (χ1v) is 6.26.